The van der Waals surface area contributed by atoms with Crippen LogP contribution >= 0.6 is 11.3 Å². The third kappa shape index (κ3) is 1.73. The number of carbonyl (C=O) groups is 2. The van der Waals surface area contributed by atoms with E-state index in [2.05, 4.69) is 0 Å². The van der Waals surface area contributed by atoms with Crippen LogP contribution in [-0.4, -0.2) is 11.6 Å². The van der Waals surface area contributed by atoms with Crippen LogP contribution in [0.1, 0.15) is 25.6 Å². The molecular formula is C15H10O2S. The molecule has 2 aromatic rings. The van der Waals surface area contributed by atoms with Gasteiger partial charge in [0, 0.05) is 16.0 Å². The Morgan fingerprint density at radius 1 is 0.944 bits per heavy atom. The Hall–Kier alpha value is -2.00. The summed E-state index contributed by atoms with van der Waals surface area (Å²) in [6, 6.07) is 10.9. The summed E-state index contributed by atoms with van der Waals surface area (Å²) >= 11 is 1.58. The molecule has 0 atom stereocenters. The quantitative estimate of drug-likeness (QED) is 0.769. The molecule has 88 valence electrons. The zero-order valence-electron chi connectivity index (χ0n) is 9.50. The third-order valence-corrected chi connectivity index (χ3v) is 3.86. The van der Waals surface area contributed by atoms with Crippen LogP contribution in [-0.2, 0) is 0 Å². The van der Waals surface area contributed by atoms with Gasteiger partial charge in [-0.1, -0.05) is 36.4 Å². The second-order valence-electron chi connectivity index (χ2n) is 4.13. The number of allylic oxidation sites excluding steroid dienone is 1. The summed E-state index contributed by atoms with van der Waals surface area (Å²) in [5, 5.41) is 1.96. The van der Waals surface area contributed by atoms with Crippen molar-refractivity contribution < 1.29 is 9.59 Å². The number of benzene rings is 1. The van der Waals surface area contributed by atoms with E-state index in [1.54, 1.807) is 41.7 Å². The van der Waals surface area contributed by atoms with E-state index in [1.807, 2.05) is 23.6 Å². The molecule has 2 nitrogen and oxygen atoms in total. The minimum atomic E-state index is -0.649. The van der Waals surface area contributed by atoms with E-state index in [0.29, 0.717) is 11.1 Å². The number of thiophene rings is 1. The van der Waals surface area contributed by atoms with Gasteiger partial charge in [0.25, 0.3) is 0 Å². The van der Waals surface area contributed by atoms with Gasteiger partial charge in [-0.15, -0.1) is 11.3 Å². The first kappa shape index (κ1) is 11.1. The highest BCUT2D eigenvalue weighted by atomic mass is 32.1. The Labute approximate surface area is 109 Å². The first-order valence-electron chi connectivity index (χ1n) is 5.66. The van der Waals surface area contributed by atoms with Crippen LogP contribution in [0.15, 0.2) is 47.9 Å². The maximum Gasteiger partial charge on any atom is 0.178 e. The Kier molecular flexibility index (Phi) is 2.68. The van der Waals surface area contributed by atoms with Crippen molar-refractivity contribution in [2.24, 2.45) is 5.92 Å². The summed E-state index contributed by atoms with van der Waals surface area (Å²) in [5.41, 5.74) is 1.09. The van der Waals surface area contributed by atoms with Crippen LogP contribution in [0, 0.1) is 5.92 Å². The first-order chi connectivity index (χ1) is 8.77. The molecule has 0 saturated heterocycles. The lowest BCUT2D eigenvalue weighted by Gasteiger charge is -1.97. The van der Waals surface area contributed by atoms with E-state index >= 15 is 0 Å². The Morgan fingerprint density at radius 2 is 1.61 bits per heavy atom. The number of Topliss-reactive ketones (excluding diaryl/α,β-unsaturated/α-hetero) is 2. The van der Waals surface area contributed by atoms with Crippen molar-refractivity contribution in [3.8, 4) is 0 Å². The van der Waals surface area contributed by atoms with Gasteiger partial charge in [0.05, 0.1) is 0 Å². The molecule has 1 aliphatic rings. The zero-order valence-corrected chi connectivity index (χ0v) is 10.3. The molecule has 0 unspecified atom stereocenters. The van der Waals surface area contributed by atoms with Crippen LogP contribution < -0.4 is 0 Å². The summed E-state index contributed by atoms with van der Waals surface area (Å²) in [6.07, 6.45) is 3.55. The lowest BCUT2D eigenvalue weighted by atomic mass is 10.0. The first-order valence-corrected chi connectivity index (χ1v) is 6.54. The fraction of sp³-hybridized carbons (Fsp3) is 0.0667. The van der Waals surface area contributed by atoms with Crippen molar-refractivity contribution in [1.29, 1.82) is 0 Å². The lowest BCUT2D eigenvalue weighted by molar-refractivity contribution is 0.0872. The molecule has 0 spiro atoms. The predicted molar refractivity (Wildman–Crippen MR) is 71.9 cm³/mol. The SMILES string of the molecule is O=C1c2ccccc2C(=O)C1/C=C/c1cccs1. The fourth-order valence-corrected chi connectivity index (χ4v) is 2.75. The van der Waals surface area contributed by atoms with Gasteiger partial charge < -0.3 is 0 Å². The molecule has 3 rings (SSSR count). The van der Waals surface area contributed by atoms with E-state index in [9.17, 15) is 9.59 Å². The molecule has 0 amide bonds. The Morgan fingerprint density at radius 3 is 2.17 bits per heavy atom. The van der Waals surface area contributed by atoms with Gasteiger partial charge in [-0.3, -0.25) is 9.59 Å². The van der Waals surface area contributed by atoms with Crippen molar-refractivity contribution in [3.05, 3.63) is 63.9 Å². The molecule has 1 aliphatic carbocycles. The summed E-state index contributed by atoms with van der Waals surface area (Å²) in [5.74, 6) is -0.837. The van der Waals surface area contributed by atoms with E-state index in [4.69, 9.17) is 0 Å². The summed E-state index contributed by atoms with van der Waals surface area (Å²) in [4.78, 5) is 25.2. The highest BCUT2D eigenvalue weighted by Crippen LogP contribution is 2.28. The van der Waals surface area contributed by atoms with Gasteiger partial charge in [-0.25, -0.2) is 0 Å². The van der Waals surface area contributed by atoms with Crippen LogP contribution in [0.2, 0.25) is 0 Å². The maximum atomic E-state index is 12.1. The zero-order chi connectivity index (χ0) is 12.5. The average Bonchev–Trinajstić information content (AvgIpc) is 2.98. The molecule has 0 saturated carbocycles. The van der Waals surface area contributed by atoms with Crippen LogP contribution in [0.3, 0.4) is 0 Å². The van der Waals surface area contributed by atoms with Crippen molar-refractivity contribution in [3.63, 3.8) is 0 Å². The van der Waals surface area contributed by atoms with E-state index < -0.39 is 5.92 Å². The molecule has 0 aliphatic heterocycles. The van der Waals surface area contributed by atoms with Gasteiger partial charge in [0.15, 0.2) is 11.6 Å². The van der Waals surface area contributed by atoms with Crippen LogP contribution in [0.4, 0.5) is 0 Å². The van der Waals surface area contributed by atoms with Gasteiger partial charge >= 0.3 is 0 Å². The molecular weight excluding hydrogens is 244 g/mol. The number of carbonyl (C=O) groups excluding carboxylic acids is 2. The number of fused-ring (bicyclic) bond motifs is 1. The molecule has 1 aromatic carbocycles. The summed E-state index contributed by atoms with van der Waals surface area (Å²) in [6.45, 7) is 0. The van der Waals surface area contributed by atoms with Crippen LogP contribution in [0.5, 0.6) is 0 Å². The second-order valence-corrected chi connectivity index (χ2v) is 5.11. The number of rotatable bonds is 2. The monoisotopic (exact) mass is 254 g/mol. The number of hydrogen-bond donors (Lipinski definition) is 0. The normalized spacial score (nSPS) is 15.6. The molecule has 18 heavy (non-hydrogen) atoms. The standard InChI is InChI=1S/C15H10O2S/c16-14-11-5-1-2-6-12(11)15(17)13(14)8-7-10-4-3-9-18-10/h1-9,13H/b8-7+. The largest absolute Gasteiger partial charge is 0.293 e. The number of ketones is 2. The fourth-order valence-electron chi connectivity index (χ4n) is 2.12. The Bertz CT molecular complexity index is 603. The molecule has 0 radical (unpaired) electrons. The van der Waals surface area contributed by atoms with E-state index in [1.165, 1.54) is 0 Å². The van der Waals surface area contributed by atoms with Gasteiger partial charge in [-0.2, -0.15) is 0 Å². The molecule has 3 heteroatoms. The molecule has 0 bridgehead atoms. The van der Waals surface area contributed by atoms with Crippen molar-refractivity contribution in [2.75, 3.05) is 0 Å². The number of hydrogen-bond acceptors (Lipinski definition) is 3. The van der Waals surface area contributed by atoms with Crippen molar-refractivity contribution in [2.45, 2.75) is 0 Å². The lowest BCUT2D eigenvalue weighted by Crippen LogP contribution is -2.11. The van der Waals surface area contributed by atoms with E-state index in [0.717, 1.165) is 4.88 Å². The van der Waals surface area contributed by atoms with Gasteiger partial charge in [0.1, 0.15) is 5.92 Å². The molecule has 1 heterocycles. The molecule has 1 aromatic heterocycles. The summed E-state index contributed by atoms with van der Waals surface area (Å²) in [7, 11) is 0. The van der Waals surface area contributed by atoms with Crippen LogP contribution in [0.25, 0.3) is 6.08 Å². The van der Waals surface area contributed by atoms with Gasteiger partial charge in [-0.05, 0) is 17.5 Å². The van der Waals surface area contributed by atoms with Crippen molar-refractivity contribution >= 4 is 29.0 Å². The minimum absolute atomic E-state index is 0.0941. The summed E-state index contributed by atoms with van der Waals surface area (Å²) < 4.78 is 0. The molecule has 0 N–H and O–H groups in total. The minimum Gasteiger partial charge on any atom is -0.293 e. The van der Waals surface area contributed by atoms with E-state index in [-0.39, 0.29) is 11.6 Å². The second kappa shape index (κ2) is 4.35. The van der Waals surface area contributed by atoms with Crippen molar-refractivity contribution in [1.82, 2.24) is 0 Å². The smallest absolute Gasteiger partial charge is 0.178 e. The highest BCUT2D eigenvalue weighted by molar-refractivity contribution is 7.10. The third-order valence-electron chi connectivity index (χ3n) is 3.02. The highest BCUT2D eigenvalue weighted by Gasteiger charge is 2.36. The topological polar surface area (TPSA) is 34.1 Å². The average molecular weight is 254 g/mol. The maximum absolute atomic E-state index is 12.1. The molecule has 0 fully saturated rings. The Balaban J connectivity index is 1.93. The van der Waals surface area contributed by atoms with Gasteiger partial charge in [0.2, 0.25) is 0 Å². The predicted octanol–water partition coefficient (Wildman–Crippen LogP) is 3.46.